The van der Waals surface area contributed by atoms with Crippen LogP contribution in [-0.2, 0) is 14.3 Å². The first-order chi connectivity index (χ1) is 9.68. The lowest BCUT2D eigenvalue weighted by atomic mass is 9.94. The van der Waals surface area contributed by atoms with Gasteiger partial charge in [0.1, 0.15) is 0 Å². The average molecular weight is 282 g/mol. The summed E-state index contributed by atoms with van der Waals surface area (Å²) in [5, 5.41) is 0. The Balaban J connectivity index is 1.81. The number of hydrogen-bond acceptors (Lipinski definition) is 3. The van der Waals surface area contributed by atoms with Crippen LogP contribution in [-0.4, -0.2) is 60.5 Å². The molecule has 1 saturated heterocycles. The molecule has 5 heteroatoms. The van der Waals surface area contributed by atoms with Crippen LogP contribution in [0.15, 0.2) is 0 Å². The quantitative estimate of drug-likeness (QED) is 0.783. The summed E-state index contributed by atoms with van der Waals surface area (Å²) >= 11 is 0. The Morgan fingerprint density at radius 2 is 1.80 bits per heavy atom. The molecule has 2 amide bonds. The van der Waals surface area contributed by atoms with Gasteiger partial charge in [-0.05, 0) is 12.8 Å². The largest absolute Gasteiger partial charge is 0.378 e. The number of carbonyl (C=O) groups excluding carboxylic acids is 2. The molecule has 0 bridgehead atoms. The van der Waals surface area contributed by atoms with Crippen molar-refractivity contribution in [3.05, 3.63) is 0 Å². The minimum Gasteiger partial charge on any atom is -0.378 e. The van der Waals surface area contributed by atoms with Gasteiger partial charge in [-0.3, -0.25) is 9.59 Å². The number of ether oxygens (including phenoxy) is 1. The third-order valence-electron chi connectivity index (χ3n) is 4.35. The van der Waals surface area contributed by atoms with Crippen LogP contribution in [0, 0.1) is 0 Å². The molecule has 0 radical (unpaired) electrons. The Morgan fingerprint density at radius 1 is 1.15 bits per heavy atom. The van der Waals surface area contributed by atoms with Gasteiger partial charge in [0.25, 0.3) is 0 Å². The molecular formula is C15H26N2O3. The van der Waals surface area contributed by atoms with Crippen LogP contribution in [0.5, 0.6) is 0 Å². The highest BCUT2D eigenvalue weighted by atomic mass is 16.5. The maximum absolute atomic E-state index is 12.1. The Hall–Kier alpha value is -1.10. The summed E-state index contributed by atoms with van der Waals surface area (Å²) in [6.07, 6.45) is 6.29. The van der Waals surface area contributed by atoms with Crippen LogP contribution in [0.25, 0.3) is 0 Å². The van der Waals surface area contributed by atoms with Crippen molar-refractivity contribution in [2.24, 2.45) is 0 Å². The van der Waals surface area contributed by atoms with E-state index < -0.39 is 0 Å². The Bertz CT molecular complexity index is 334. The zero-order valence-corrected chi connectivity index (χ0v) is 12.5. The molecule has 0 aromatic heterocycles. The summed E-state index contributed by atoms with van der Waals surface area (Å²) in [5.74, 6) is 0.252. The van der Waals surface area contributed by atoms with E-state index in [0.717, 1.165) is 12.8 Å². The van der Waals surface area contributed by atoms with E-state index in [1.165, 1.54) is 19.3 Å². The number of hydrogen-bond donors (Lipinski definition) is 0. The number of rotatable bonds is 4. The summed E-state index contributed by atoms with van der Waals surface area (Å²) in [5.41, 5.74) is 0. The zero-order chi connectivity index (χ0) is 14.4. The van der Waals surface area contributed by atoms with Crippen molar-refractivity contribution in [3.63, 3.8) is 0 Å². The lowest BCUT2D eigenvalue weighted by molar-refractivity contribution is -0.137. The highest BCUT2D eigenvalue weighted by molar-refractivity contribution is 5.78. The number of amides is 2. The van der Waals surface area contributed by atoms with Gasteiger partial charge in [-0.2, -0.15) is 0 Å². The minimum absolute atomic E-state index is 0.103. The van der Waals surface area contributed by atoms with Gasteiger partial charge >= 0.3 is 0 Å². The maximum Gasteiger partial charge on any atom is 0.224 e. The van der Waals surface area contributed by atoms with Gasteiger partial charge in [0.15, 0.2) is 0 Å². The molecule has 1 aliphatic carbocycles. The third kappa shape index (κ3) is 4.20. The van der Waals surface area contributed by atoms with E-state index in [-0.39, 0.29) is 11.8 Å². The maximum atomic E-state index is 12.1. The van der Waals surface area contributed by atoms with Gasteiger partial charge in [-0.15, -0.1) is 0 Å². The van der Waals surface area contributed by atoms with Gasteiger partial charge in [0, 0.05) is 39.0 Å². The molecular weight excluding hydrogens is 256 g/mol. The standard InChI is InChI=1S/C15H26N2O3/c1-13(18)17(14-5-3-2-4-6-14)8-7-15(19)16-9-11-20-12-10-16/h14H,2-12H2,1H3. The summed E-state index contributed by atoms with van der Waals surface area (Å²) in [6, 6.07) is 0.346. The molecule has 2 fully saturated rings. The third-order valence-corrected chi connectivity index (χ3v) is 4.35. The fourth-order valence-electron chi connectivity index (χ4n) is 3.18. The molecule has 0 aromatic carbocycles. The molecule has 0 spiro atoms. The molecule has 1 heterocycles. The summed E-state index contributed by atoms with van der Waals surface area (Å²) in [6.45, 7) is 4.81. The van der Waals surface area contributed by atoms with E-state index in [4.69, 9.17) is 4.74 Å². The van der Waals surface area contributed by atoms with Crippen molar-refractivity contribution in [1.29, 1.82) is 0 Å². The summed E-state index contributed by atoms with van der Waals surface area (Å²) in [4.78, 5) is 27.7. The van der Waals surface area contributed by atoms with E-state index in [1.807, 2.05) is 9.80 Å². The van der Waals surface area contributed by atoms with Crippen LogP contribution in [0.2, 0.25) is 0 Å². The monoisotopic (exact) mass is 282 g/mol. The van der Waals surface area contributed by atoms with Gasteiger partial charge < -0.3 is 14.5 Å². The van der Waals surface area contributed by atoms with E-state index in [1.54, 1.807) is 6.92 Å². The molecule has 0 unspecified atom stereocenters. The van der Waals surface area contributed by atoms with Gasteiger partial charge in [0.05, 0.1) is 13.2 Å². The lowest BCUT2D eigenvalue weighted by Crippen LogP contribution is -2.45. The minimum atomic E-state index is 0.103. The molecule has 0 aromatic rings. The fraction of sp³-hybridized carbons (Fsp3) is 0.867. The number of carbonyl (C=O) groups is 2. The van der Waals surface area contributed by atoms with Gasteiger partial charge in [0.2, 0.25) is 11.8 Å². The highest BCUT2D eigenvalue weighted by Gasteiger charge is 2.24. The molecule has 2 aliphatic rings. The molecule has 0 N–H and O–H groups in total. The Kier molecular flexibility index (Phi) is 5.83. The second-order valence-electron chi connectivity index (χ2n) is 5.75. The summed E-state index contributed by atoms with van der Waals surface area (Å²) < 4.78 is 5.25. The summed E-state index contributed by atoms with van der Waals surface area (Å²) in [7, 11) is 0. The molecule has 20 heavy (non-hydrogen) atoms. The highest BCUT2D eigenvalue weighted by Crippen LogP contribution is 2.23. The Morgan fingerprint density at radius 3 is 2.40 bits per heavy atom. The van der Waals surface area contributed by atoms with Crippen molar-refractivity contribution in [3.8, 4) is 0 Å². The average Bonchev–Trinajstić information content (AvgIpc) is 2.49. The van der Waals surface area contributed by atoms with Crippen LogP contribution < -0.4 is 0 Å². The molecule has 114 valence electrons. The van der Waals surface area contributed by atoms with Crippen molar-refractivity contribution in [2.75, 3.05) is 32.8 Å². The molecule has 2 rings (SSSR count). The number of morpholine rings is 1. The Labute approximate surface area is 121 Å². The molecule has 0 atom stereocenters. The lowest BCUT2D eigenvalue weighted by Gasteiger charge is -2.34. The molecule has 1 saturated carbocycles. The molecule has 1 aliphatic heterocycles. The number of nitrogens with zero attached hydrogens (tertiary/aromatic N) is 2. The van der Waals surface area contributed by atoms with Crippen molar-refractivity contribution in [2.45, 2.75) is 51.5 Å². The SMILES string of the molecule is CC(=O)N(CCC(=O)N1CCOCC1)C1CCCCC1. The van der Waals surface area contributed by atoms with E-state index in [9.17, 15) is 9.59 Å². The predicted octanol–water partition coefficient (Wildman–Crippen LogP) is 1.42. The normalized spacial score (nSPS) is 20.8. The molecule has 5 nitrogen and oxygen atoms in total. The first-order valence-corrected chi connectivity index (χ1v) is 7.81. The van der Waals surface area contributed by atoms with Crippen LogP contribution in [0.3, 0.4) is 0 Å². The van der Waals surface area contributed by atoms with Crippen molar-refractivity contribution >= 4 is 11.8 Å². The smallest absolute Gasteiger partial charge is 0.224 e. The van der Waals surface area contributed by atoms with Crippen LogP contribution >= 0.6 is 0 Å². The zero-order valence-electron chi connectivity index (χ0n) is 12.5. The fourth-order valence-corrected chi connectivity index (χ4v) is 3.18. The van der Waals surface area contributed by atoms with Crippen molar-refractivity contribution < 1.29 is 14.3 Å². The van der Waals surface area contributed by atoms with E-state index in [0.29, 0.717) is 45.3 Å². The van der Waals surface area contributed by atoms with E-state index in [2.05, 4.69) is 0 Å². The first kappa shape index (κ1) is 15.3. The first-order valence-electron chi connectivity index (χ1n) is 7.81. The topological polar surface area (TPSA) is 49.9 Å². The van der Waals surface area contributed by atoms with Gasteiger partial charge in [-0.1, -0.05) is 19.3 Å². The van der Waals surface area contributed by atoms with Gasteiger partial charge in [-0.25, -0.2) is 0 Å². The van der Waals surface area contributed by atoms with Crippen LogP contribution in [0.4, 0.5) is 0 Å². The van der Waals surface area contributed by atoms with Crippen molar-refractivity contribution in [1.82, 2.24) is 9.80 Å². The van der Waals surface area contributed by atoms with E-state index >= 15 is 0 Å². The second-order valence-corrected chi connectivity index (χ2v) is 5.75. The second kappa shape index (κ2) is 7.62. The predicted molar refractivity (Wildman–Crippen MR) is 76.3 cm³/mol. The van der Waals surface area contributed by atoms with Crippen LogP contribution in [0.1, 0.15) is 45.4 Å².